The summed E-state index contributed by atoms with van der Waals surface area (Å²) in [6, 6.07) is -4.78. The monoisotopic (exact) mass is 1300 g/mol. The van der Waals surface area contributed by atoms with Crippen molar-refractivity contribution in [1.29, 1.82) is 0 Å². The second-order valence-electron chi connectivity index (χ2n) is 26.5. The van der Waals surface area contributed by atoms with E-state index < -0.39 is 161 Å². The zero-order valence-electron chi connectivity index (χ0n) is 56.2. The zero-order chi connectivity index (χ0) is 68.7. The van der Waals surface area contributed by atoms with Gasteiger partial charge in [0.15, 0.2) is 0 Å². The molecule has 9 atom stereocenters. The number of nitrogens with zero attached hydrogens (tertiary/aromatic N) is 8. The van der Waals surface area contributed by atoms with E-state index in [4.69, 9.17) is 11.6 Å². The highest BCUT2D eigenvalue weighted by Crippen LogP contribution is 2.36. The maximum atomic E-state index is 15.0. The normalized spacial score (nSPS) is 26.6. The number of carbonyl (C=O) groups excluding carboxylic acids is 11. The minimum atomic E-state index is -4.75. The number of likely N-dealkylation sites (N-methyl/N-ethyl adjacent to an activating group) is 7. The van der Waals surface area contributed by atoms with Crippen molar-refractivity contribution in [3.63, 3.8) is 0 Å². The number of nitrogens with one attached hydrogen (secondary N) is 3. The van der Waals surface area contributed by atoms with Crippen LogP contribution < -0.4 is 16.0 Å². The Kier molecular flexibility index (Phi) is 28.4. The van der Waals surface area contributed by atoms with Crippen LogP contribution in [0.25, 0.3) is 0 Å². The van der Waals surface area contributed by atoms with Crippen LogP contribution in [0, 0.1) is 23.7 Å². The molecule has 0 spiro atoms. The van der Waals surface area contributed by atoms with Crippen molar-refractivity contribution in [1.82, 2.24) is 55.1 Å². The summed E-state index contributed by atoms with van der Waals surface area (Å²) in [5, 5.41) is 7.88. The minimum absolute atomic E-state index is 0.0235. The second kappa shape index (κ2) is 33.7. The van der Waals surface area contributed by atoms with E-state index in [0.29, 0.717) is 18.4 Å². The topological polar surface area (TPSA) is 250 Å². The summed E-state index contributed by atoms with van der Waals surface area (Å²) in [6.07, 6.45) is 1.64. The summed E-state index contributed by atoms with van der Waals surface area (Å²) in [6.45, 7) is 16.2. The maximum Gasteiger partial charge on any atom is 0.417 e. The second-order valence-corrected chi connectivity index (χ2v) is 26.9. The third kappa shape index (κ3) is 20.4. The van der Waals surface area contributed by atoms with Gasteiger partial charge in [-0.05, 0) is 100 Å². The minimum Gasteiger partial charge on any atom is -0.343 e. The van der Waals surface area contributed by atoms with Crippen LogP contribution >= 0.6 is 11.6 Å². The first-order valence-corrected chi connectivity index (χ1v) is 32.3. The Morgan fingerprint density at radius 1 is 0.703 bits per heavy atom. The Hall–Kier alpha value is -6.79. The molecule has 3 fully saturated rings. The third-order valence-corrected chi connectivity index (χ3v) is 18.7. The van der Waals surface area contributed by atoms with Gasteiger partial charge in [-0.3, -0.25) is 52.7 Å². The Balaban J connectivity index is 1.83. The molecule has 22 nitrogen and oxygen atoms in total. The number of aryl methyl sites for hydroxylation is 1. The Morgan fingerprint density at radius 3 is 1.88 bits per heavy atom. The molecule has 3 N–H and O–H groups in total. The summed E-state index contributed by atoms with van der Waals surface area (Å²) in [5.41, 5.74) is -2.54. The van der Waals surface area contributed by atoms with Gasteiger partial charge in [0.1, 0.15) is 41.8 Å². The molecule has 0 aromatic heterocycles. The van der Waals surface area contributed by atoms with Crippen molar-refractivity contribution >= 4 is 76.6 Å². The van der Waals surface area contributed by atoms with Gasteiger partial charge in [0.25, 0.3) is 0 Å². The van der Waals surface area contributed by atoms with E-state index in [1.54, 1.807) is 27.7 Å². The van der Waals surface area contributed by atoms with Crippen molar-refractivity contribution < 1.29 is 65.9 Å². The molecule has 1 aliphatic carbocycles. The highest BCUT2D eigenvalue weighted by Gasteiger charge is 2.46. The molecular formula is C65H101ClF3N11O11. The summed E-state index contributed by atoms with van der Waals surface area (Å²) >= 11 is 6.10. The number of hydrogen-bond acceptors (Lipinski definition) is 11. The first kappa shape index (κ1) is 76.7. The molecule has 2 aliphatic heterocycles. The van der Waals surface area contributed by atoms with Gasteiger partial charge in [-0.1, -0.05) is 104 Å². The summed E-state index contributed by atoms with van der Waals surface area (Å²) < 4.78 is 41.3. The predicted molar refractivity (Wildman–Crippen MR) is 339 cm³/mol. The van der Waals surface area contributed by atoms with Gasteiger partial charge in [-0.25, -0.2) is 0 Å². The molecule has 26 heteroatoms. The molecule has 1 aromatic carbocycles. The van der Waals surface area contributed by atoms with Crippen molar-refractivity contribution in [3.05, 3.63) is 47.0 Å². The van der Waals surface area contributed by atoms with Crippen LogP contribution in [-0.2, 0) is 65.3 Å². The van der Waals surface area contributed by atoms with Crippen LogP contribution in [0.15, 0.2) is 30.9 Å². The number of rotatable bonds is 12. The molecule has 2 heterocycles. The van der Waals surface area contributed by atoms with Gasteiger partial charge in [-0.2, -0.15) is 13.2 Å². The van der Waals surface area contributed by atoms with Crippen LogP contribution in [0.5, 0.6) is 0 Å². The average Bonchev–Trinajstić information content (AvgIpc) is 1.97. The number of alkyl halides is 3. The average molecular weight is 1310 g/mol. The fraction of sp³-hybridized carbons (Fsp3) is 0.708. The summed E-state index contributed by atoms with van der Waals surface area (Å²) in [4.78, 5) is 170. The number of carbonyl (C=O) groups is 11. The van der Waals surface area contributed by atoms with Gasteiger partial charge in [0, 0.05) is 68.3 Å². The summed E-state index contributed by atoms with van der Waals surface area (Å²) in [7, 11) is 9.97. The lowest BCUT2D eigenvalue weighted by Crippen LogP contribution is -2.64. The van der Waals surface area contributed by atoms with E-state index in [9.17, 15) is 65.9 Å². The molecule has 1 saturated carbocycles. The van der Waals surface area contributed by atoms with Crippen molar-refractivity contribution in [2.24, 2.45) is 23.7 Å². The molecule has 510 valence electrons. The van der Waals surface area contributed by atoms with Crippen LogP contribution in [0.2, 0.25) is 5.02 Å². The van der Waals surface area contributed by atoms with Crippen molar-refractivity contribution in [2.75, 3.05) is 75.5 Å². The molecule has 1 aromatic rings. The fourth-order valence-corrected chi connectivity index (χ4v) is 12.7. The first-order chi connectivity index (χ1) is 42.4. The highest BCUT2D eigenvalue weighted by molar-refractivity contribution is 6.31. The summed E-state index contributed by atoms with van der Waals surface area (Å²) in [5.74, 6) is -8.16. The van der Waals surface area contributed by atoms with E-state index in [1.165, 1.54) is 92.9 Å². The lowest BCUT2D eigenvalue weighted by molar-refractivity contribution is -0.152. The largest absolute Gasteiger partial charge is 0.417 e. The third-order valence-electron chi connectivity index (χ3n) is 18.4. The van der Waals surface area contributed by atoms with Crippen LogP contribution in [-0.4, -0.2) is 228 Å². The maximum absolute atomic E-state index is 15.0. The lowest BCUT2D eigenvalue weighted by Gasteiger charge is -2.40. The highest BCUT2D eigenvalue weighted by atomic mass is 35.5. The van der Waals surface area contributed by atoms with Crippen molar-refractivity contribution in [2.45, 2.75) is 199 Å². The van der Waals surface area contributed by atoms with Crippen LogP contribution in [0.1, 0.15) is 150 Å². The Bertz CT molecular complexity index is 2800. The molecule has 0 radical (unpaired) electrons. The first-order valence-electron chi connectivity index (χ1n) is 31.9. The van der Waals surface area contributed by atoms with E-state index in [0.717, 1.165) is 58.9 Å². The predicted octanol–water partition coefficient (Wildman–Crippen LogP) is 5.53. The molecule has 1 unspecified atom stereocenters. The molecule has 4 rings (SSSR count). The Labute approximate surface area is 541 Å². The van der Waals surface area contributed by atoms with E-state index in [1.807, 2.05) is 20.8 Å². The smallest absolute Gasteiger partial charge is 0.343 e. The number of hydrogen-bond donors (Lipinski definition) is 3. The molecule has 91 heavy (non-hydrogen) atoms. The molecule has 11 amide bonds. The SMILES string of the molecule is C=CC[C@@]1(C)NC(=O)C2CCCN2C(=O)[C@H](CCc2ccc(C(F)(F)F)c(Cl)c2)NC(=O)CN(C)C(=O)[C@H](CC2CCCCC2)N(C)C(=O)CN(C)C(=O)CN(C)C(=O)[C@H]([C@@H](C)CC)NC(=O)[C@H](CC(C)C)N(C)C(=O)C[C@@H](C)N(C)C(=O)[C@H](C(C)C)N(C)C1=O. The zero-order valence-corrected chi connectivity index (χ0v) is 56.9. The van der Waals surface area contributed by atoms with Gasteiger partial charge < -0.3 is 55.1 Å². The van der Waals surface area contributed by atoms with Gasteiger partial charge in [0.05, 0.1) is 30.2 Å². The van der Waals surface area contributed by atoms with Gasteiger partial charge >= 0.3 is 6.18 Å². The van der Waals surface area contributed by atoms with E-state index in [-0.39, 0.29) is 63.3 Å². The number of fused-ring (bicyclic) bond motifs is 1. The van der Waals surface area contributed by atoms with Crippen molar-refractivity contribution in [3.8, 4) is 0 Å². The number of benzene rings is 1. The van der Waals surface area contributed by atoms with E-state index >= 15 is 0 Å². The molecule has 3 aliphatic rings. The van der Waals surface area contributed by atoms with Gasteiger partial charge in [-0.15, -0.1) is 6.58 Å². The van der Waals surface area contributed by atoms with Crippen LogP contribution in [0.4, 0.5) is 13.2 Å². The molecule has 2 saturated heterocycles. The fourth-order valence-electron chi connectivity index (χ4n) is 12.4. The lowest BCUT2D eigenvalue weighted by atomic mass is 9.84. The standard InChI is InChI=1S/C65H101ClF3N11O11/c1-17-30-64(9)63(91)79(16)56(40(5)6)62(90)76(13)42(8)33-52(82)77(14)49(32-39(3)4)57(85)71-55(41(7)18-2)61(89)75(12)37-53(83)73(10)38-54(84)78(15)50(35-43-23-20-19-21-24-43)60(88)74(11)36-51(81)70-47(59(87)80-31-22-25-48(80)58(86)72-64)29-27-44-26-28-45(46(66)34-44)65(67,68)69/h17,26,28,34,39-43,47-50,55-56H,1,18-25,27,29-33,35-38H2,2-16H3,(H,70,81)(H,71,85)(H,72,86)/t41-,42+,47-,48?,49-,50-,55-,56-,64+/m0/s1. The Morgan fingerprint density at radius 2 is 1.31 bits per heavy atom. The number of halogens is 4. The van der Waals surface area contributed by atoms with Crippen LogP contribution in [0.3, 0.4) is 0 Å². The number of amides is 11. The van der Waals surface area contributed by atoms with Gasteiger partial charge in [0.2, 0.25) is 65.0 Å². The molecular weight excluding hydrogens is 1200 g/mol. The quantitative estimate of drug-likeness (QED) is 0.220. The van der Waals surface area contributed by atoms with E-state index in [2.05, 4.69) is 22.5 Å². The molecule has 0 bridgehead atoms.